The van der Waals surface area contributed by atoms with Gasteiger partial charge >= 0.3 is 11.9 Å². The summed E-state index contributed by atoms with van der Waals surface area (Å²) >= 11 is 0. The maximum Gasteiger partial charge on any atom is 0.307 e. The molecule has 0 heterocycles. The second kappa shape index (κ2) is 5.48. The van der Waals surface area contributed by atoms with Gasteiger partial charge in [-0.05, 0) is 18.9 Å². The Kier molecular flexibility index (Phi) is 4.26. The van der Waals surface area contributed by atoms with E-state index in [0.717, 1.165) is 11.1 Å². The first-order chi connectivity index (χ1) is 7.91. The van der Waals surface area contributed by atoms with Crippen LogP contribution in [0.5, 0.6) is 0 Å². The van der Waals surface area contributed by atoms with Gasteiger partial charge in [0.25, 0.3) is 0 Å². The van der Waals surface area contributed by atoms with Crippen molar-refractivity contribution < 1.29 is 19.8 Å². The van der Waals surface area contributed by atoms with Gasteiger partial charge < -0.3 is 10.2 Å². The third kappa shape index (κ3) is 3.59. The summed E-state index contributed by atoms with van der Waals surface area (Å²) in [5.41, 5.74) is 1.93. The first-order valence-electron chi connectivity index (χ1n) is 5.43. The second-order valence-corrected chi connectivity index (χ2v) is 4.26. The predicted octanol–water partition coefficient (Wildman–Crippen LogP) is 1.96. The molecule has 4 heteroatoms. The molecule has 4 nitrogen and oxygen atoms in total. The monoisotopic (exact) mass is 236 g/mol. The Morgan fingerprint density at radius 3 is 2.06 bits per heavy atom. The molecule has 0 aliphatic rings. The SMILES string of the molecule is Cc1ccc(C[C@@H](C(=O)O)[C@@H](C)C(=O)O)cc1. The zero-order chi connectivity index (χ0) is 13.0. The minimum Gasteiger partial charge on any atom is -0.481 e. The van der Waals surface area contributed by atoms with Gasteiger partial charge in [0.05, 0.1) is 11.8 Å². The Hall–Kier alpha value is -1.84. The van der Waals surface area contributed by atoms with Crippen molar-refractivity contribution in [1.29, 1.82) is 0 Å². The minimum atomic E-state index is -1.08. The van der Waals surface area contributed by atoms with Crippen molar-refractivity contribution in [2.24, 2.45) is 11.8 Å². The van der Waals surface area contributed by atoms with E-state index in [0.29, 0.717) is 0 Å². The topological polar surface area (TPSA) is 74.6 Å². The molecule has 0 spiro atoms. The molecule has 2 atom stereocenters. The van der Waals surface area contributed by atoms with E-state index < -0.39 is 23.8 Å². The van der Waals surface area contributed by atoms with E-state index in [4.69, 9.17) is 10.2 Å². The van der Waals surface area contributed by atoms with E-state index >= 15 is 0 Å². The van der Waals surface area contributed by atoms with Crippen molar-refractivity contribution in [1.82, 2.24) is 0 Å². The van der Waals surface area contributed by atoms with Crippen LogP contribution >= 0.6 is 0 Å². The molecule has 1 rings (SSSR count). The largest absolute Gasteiger partial charge is 0.481 e. The number of aryl methyl sites for hydroxylation is 1. The van der Waals surface area contributed by atoms with Gasteiger partial charge in [0, 0.05) is 0 Å². The predicted molar refractivity (Wildman–Crippen MR) is 62.8 cm³/mol. The Bertz CT molecular complexity index is 408. The summed E-state index contributed by atoms with van der Waals surface area (Å²) in [6, 6.07) is 7.44. The van der Waals surface area contributed by atoms with Crippen LogP contribution in [0.1, 0.15) is 18.1 Å². The van der Waals surface area contributed by atoms with Crippen molar-refractivity contribution >= 4 is 11.9 Å². The highest BCUT2D eigenvalue weighted by atomic mass is 16.4. The van der Waals surface area contributed by atoms with Gasteiger partial charge in [0.15, 0.2) is 0 Å². The van der Waals surface area contributed by atoms with Crippen molar-refractivity contribution in [2.75, 3.05) is 0 Å². The molecule has 92 valence electrons. The van der Waals surface area contributed by atoms with Crippen molar-refractivity contribution in [3.63, 3.8) is 0 Å². The van der Waals surface area contributed by atoms with Crippen LogP contribution < -0.4 is 0 Å². The fourth-order valence-electron chi connectivity index (χ4n) is 1.63. The highest BCUT2D eigenvalue weighted by Crippen LogP contribution is 2.18. The average molecular weight is 236 g/mol. The summed E-state index contributed by atoms with van der Waals surface area (Å²) in [6.07, 6.45) is 0.239. The molecule has 0 amide bonds. The molecule has 2 N–H and O–H groups in total. The summed E-state index contributed by atoms with van der Waals surface area (Å²) in [5, 5.41) is 17.9. The molecule has 0 aromatic heterocycles. The Morgan fingerprint density at radius 2 is 1.65 bits per heavy atom. The summed E-state index contributed by atoms with van der Waals surface area (Å²) < 4.78 is 0. The van der Waals surface area contributed by atoms with E-state index in [1.807, 2.05) is 31.2 Å². The van der Waals surface area contributed by atoms with Crippen LogP contribution in [-0.4, -0.2) is 22.2 Å². The van der Waals surface area contributed by atoms with Crippen LogP contribution in [0.15, 0.2) is 24.3 Å². The van der Waals surface area contributed by atoms with E-state index in [2.05, 4.69) is 0 Å². The fraction of sp³-hybridized carbons (Fsp3) is 0.385. The molecule has 0 radical (unpaired) electrons. The Labute approximate surface area is 99.9 Å². The Morgan fingerprint density at radius 1 is 1.12 bits per heavy atom. The van der Waals surface area contributed by atoms with E-state index in [1.165, 1.54) is 6.92 Å². The summed E-state index contributed by atoms with van der Waals surface area (Å²) in [4.78, 5) is 21.9. The molecule has 0 bridgehead atoms. The van der Waals surface area contributed by atoms with Crippen molar-refractivity contribution in [3.05, 3.63) is 35.4 Å². The van der Waals surface area contributed by atoms with E-state index in [1.54, 1.807) is 0 Å². The van der Waals surface area contributed by atoms with Gasteiger partial charge in [-0.25, -0.2) is 0 Å². The lowest BCUT2D eigenvalue weighted by Gasteiger charge is -2.16. The number of carboxylic acids is 2. The number of hydrogen-bond donors (Lipinski definition) is 2. The lowest BCUT2D eigenvalue weighted by Crippen LogP contribution is -2.29. The third-order valence-electron chi connectivity index (χ3n) is 2.89. The molecule has 0 aliphatic carbocycles. The third-order valence-corrected chi connectivity index (χ3v) is 2.89. The highest BCUT2D eigenvalue weighted by molar-refractivity contribution is 5.79. The van der Waals surface area contributed by atoms with Crippen LogP contribution in [0.25, 0.3) is 0 Å². The van der Waals surface area contributed by atoms with Crippen LogP contribution in [0.2, 0.25) is 0 Å². The number of hydrogen-bond acceptors (Lipinski definition) is 2. The molecule has 0 aliphatic heterocycles. The molecule has 0 saturated carbocycles. The number of carboxylic acid groups (broad SMARTS) is 2. The zero-order valence-electron chi connectivity index (χ0n) is 9.88. The van der Waals surface area contributed by atoms with Crippen molar-refractivity contribution in [3.8, 4) is 0 Å². The van der Waals surface area contributed by atoms with Gasteiger partial charge in [0.2, 0.25) is 0 Å². The molecular weight excluding hydrogens is 220 g/mol. The Balaban J connectivity index is 2.84. The average Bonchev–Trinajstić information content (AvgIpc) is 2.26. The van der Waals surface area contributed by atoms with Gasteiger partial charge in [-0.3, -0.25) is 9.59 Å². The quantitative estimate of drug-likeness (QED) is 0.819. The molecule has 17 heavy (non-hydrogen) atoms. The van der Waals surface area contributed by atoms with E-state index in [9.17, 15) is 9.59 Å². The standard InChI is InChI=1S/C13H16O4/c1-8-3-5-10(6-4-8)7-11(13(16)17)9(2)12(14)15/h3-6,9,11H,7H2,1-2H3,(H,14,15)(H,16,17)/t9-,11-/m1/s1. The maximum absolute atomic E-state index is 11.1. The molecule has 0 unspecified atom stereocenters. The van der Waals surface area contributed by atoms with Gasteiger partial charge in [-0.1, -0.05) is 36.8 Å². The second-order valence-electron chi connectivity index (χ2n) is 4.26. The maximum atomic E-state index is 11.1. The molecule has 0 saturated heterocycles. The van der Waals surface area contributed by atoms with Gasteiger partial charge in [0.1, 0.15) is 0 Å². The lowest BCUT2D eigenvalue weighted by molar-refractivity contribution is -0.152. The first-order valence-corrected chi connectivity index (χ1v) is 5.43. The van der Waals surface area contributed by atoms with Crippen molar-refractivity contribution in [2.45, 2.75) is 20.3 Å². The van der Waals surface area contributed by atoms with Crippen LogP contribution in [0, 0.1) is 18.8 Å². The molecule has 0 fully saturated rings. The fourth-order valence-corrected chi connectivity index (χ4v) is 1.63. The van der Waals surface area contributed by atoms with Gasteiger partial charge in [-0.15, -0.1) is 0 Å². The number of rotatable bonds is 5. The van der Waals surface area contributed by atoms with Gasteiger partial charge in [-0.2, -0.15) is 0 Å². The molecular formula is C13H16O4. The summed E-state index contributed by atoms with van der Waals surface area (Å²) in [7, 11) is 0. The van der Waals surface area contributed by atoms with E-state index in [-0.39, 0.29) is 6.42 Å². The zero-order valence-corrected chi connectivity index (χ0v) is 9.88. The smallest absolute Gasteiger partial charge is 0.307 e. The molecule has 1 aromatic carbocycles. The normalized spacial score (nSPS) is 14.0. The lowest BCUT2D eigenvalue weighted by atomic mass is 9.88. The summed E-state index contributed by atoms with van der Waals surface area (Å²) in [6.45, 7) is 3.37. The number of carbonyl (C=O) groups is 2. The first kappa shape index (κ1) is 13.2. The summed E-state index contributed by atoms with van der Waals surface area (Å²) in [5.74, 6) is -3.94. The number of benzene rings is 1. The highest BCUT2D eigenvalue weighted by Gasteiger charge is 2.29. The van der Waals surface area contributed by atoms with Crippen LogP contribution in [-0.2, 0) is 16.0 Å². The molecule has 1 aromatic rings. The minimum absolute atomic E-state index is 0.239. The van der Waals surface area contributed by atoms with Crippen LogP contribution in [0.3, 0.4) is 0 Å². The van der Waals surface area contributed by atoms with Crippen LogP contribution in [0.4, 0.5) is 0 Å². The number of aliphatic carboxylic acids is 2.